The standard InChI is InChI=1S/C18H14F2O2/c1-3-10-22-16-9-7-12-11-6-8-15(21-2)17(19)13(11)4-5-14(12)18(16)20/h3-10H,1-2H3. The van der Waals surface area contributed by atoms with Crippen LogP contribution in [0.2, 0.25) is 0 Å². The monoisotopic (exact) mass is 300 g/mol. The van der Waals surface area contributed by atoms with Gasteiger partial charge < -0.3 is 9.47 Å². The van der Waals surface area contributed by atoms with E-state index in [4.69, 9.17) is 9.47 Å². The van der Waals surface area contributed by atoms with Crippen molar-refractivity contribution in [2.24, 2.45) is 0 Å². The third-order valence-electron chi connectivity index (χ3n) is 3.55. The average molecular weight is 300 g/mol. The van der Waals surface area contributed by atoms with Gasteiger partial charge >= 0.3 is 0 Å². The number of hydrogen-bond acceptors (Lipinski definition) is 2. The van der Waals surface area contributed by atoms with Gasteiger partial charge in [-0.15, -0.1) is 0 Å². The van der Waals surface area contributed by atoms with Crippen LogP contribution in [0.25, 0.3) is 21.5 Å². The molecule has 4 heteroatoms. The summed E-state index contributed by atoms with van der Waals surface area (Å²) in [6.07, 6.45) is 3.08. The minimum absolute atomic E-state index is 0.138. The summed E-state index contributed by atoms with van der Waals surface area (Å²) < 4.78 is 39.0. The highest BCUT2D eigenvalue weighted by Crippen LogP contribution is 2.35. The minimum Gasteiger partial charge on any atom is -0.494 e. The number of fused-ring (bicyclic) bond motifs is 3. The Morgan fingerprint density at radius 3 is 1.82 bits per heavy atom. The van der Waals surface area contributed by atoms with Crippen molar-refractivity contribution in [3.63, 3.8) is 0 Å². The Labute approximate surface area is 126 Å². The second kappa shape index (κ2) is 5.64. The molecule has 0 aromatic heterocycles. The van der Waals surface area contributed by atoms with E-state index in [1.165, 1.54) is 13.4 Å². The molecule has 0 spiro atoms. The van der Waals surface area contributed by atoms with E-state index in [1.807, 2.05) is 0 Å². The van der Waals surface area contributed by atoms with Crippen molar-refractivity contribution in [3.8, 4) is 11.5 Å². The number of halogens is 2. The highest BCUT2D eigenvalue weighted by atomic mass is 19.1. The van der Waals surface area contributed by atoms with Crippen molar-refractivity contribution in [1.82, 2.24) is 0 Å². The summed E-state index contributed by atoms with van der Waals surface area (Å²) in [5.41, 5.74) is 0. The van der Waals surface area contributed by atoms with Crippen LogP contribution in [0.4, 0.5) is 8.78 Å². The summed E-state index contributed by atoms with van der Waals surface area (Å²) in [5.74, 6) is -0.607. The van der Waals surface area contributed by atoms with Gasteiger partial charge in [0.2, 0.25) is 0 Å². The lowest BCUT2D eigenvalue weighted by Crippen LogP contribution is -1.92. The highest BCUT2D eigenvalue weighted by molar-refractivity contribution is 6.08. The molecule has 0 amide bonds. The lowest BCUT2D eigenvalue weighted by atomic mass is 10.0. The predicted molar refractivity (Wildman–Crippen MR) is 83.4 cm³/mol. The van der Waals surface area contributed by atoms with Crippen LogP contribution in [0.5, 0.6) is 11.5 Å². The molecule has 0 aliphatic rings. The molecular weight excluding hydrogens is 286 g/mol. The lowest BCUT2D eigenvalue weighted by molar-refractivity contribution is 0.389. The van der Waals surface area contributed by atoms with Crippen molar-refractivity contribution in [3.05, 3.63) is 60.4 Å². The smallest absolute Gasteiger partial charge is 0.173 e. The van der Waals surface area contributed by atoms with Crippen molar-refractivity contribution >= 4 is 21.5 Å². The molecule has 0 saturated carbocycles. The van der Waals surface area contributed by atoms with E-state index in [9.17, 15) is 8.78 Å². The molecule has 0 aliphatic carbocycles. The van der Waals surface area contributed by atoms with E-state index < -0.39 is 11.6 Å². The molecule has 0 aliphatic heterocycles. The van der Waals surface area contributed by atoms with Gasteiger partial charge in [0.05, 0.1) is 13.4 Å². The molecule has 0 radical (unpaired) electrons. The predicted octanol–water partition coefficient (Wildman–Crippen LogP) is 5.19. The second-order valence-electron chi connectivity index (χ2n) is 4.80. The Hall–Kier alpha value is -2.62. The normalized spacial score (nSPS) is 11.5. The van der Waals surface area contributed by atoms with Crippen LogP contribution in [-0.2, 0) is 0 Å². The summed E-state index contributed by atoms with van der Waals surface area (Å²) in [5, 5.41) is 2.05. The number of methoxy groups -OCH3 is 1. The quantitative estimate of drug-likeness (QED) is 0.489. The van der Waals surface area contributed by atoms with Crippen LogP contribution < -0.4 is 9.47 Å². The fourth-order valence-electron chi connectivity index (χ4n) is 2.50. The Morgan fingerprint density at radius 2 is 1.27 bits per heavy atom. The van der Waals surface area contributed by atoms with Crippen LogP contribution in [0.15, 0.2) is 48.7 Å². The maximum Gasteiger partial charge on any atom is 0.173 e. The zero-order valence-electron chi connectivity index (χ0n) is 12.2. The van der Waals surface area contributed by atoms with E-state index >= 15 is 0 Å². The van der Waals surface area contributed by atoms with Crippen LogP contribution in [0, 0.1) is 11.6 Å². The van der Waals surface area contributed by atoms with Gasteiger partial charge in [-0.3, -0.25) is 0 Å². The Bertz CT molecular complexity index is 885. The van der Waals surface area contributed by atoms with E-state index in [0.717, 1.165) is 0 Å². The van der Waals surface area contributed by atoms with E-state index in [0.29, 0.717) is 21.5 Å². The number of allylic oxidation sites excluding steroid dienone is 1. The van der Waals surface area contributed by atoms with Gasteiger partial charge in [-0.25, -0.2) is 8.78 Å². The molecule has 3 aromatic rings. The van der Waals surface area contributed by atoms with Gasteiger partial charge in [0.25, 0.3) is 0 Å². The summed E-state index contributed by atoms with van der Waals surface area (Å²) in [7, 11) is 1.41. The van der Waals surface area contributed by atoms with Gasteiger partial charge in [-0.2, -0.15) is 0 Å². The van der Waals surface area contributed by atoms with Crippen LogP contribution in [-0.4, -0.2) is 7.11 Å². The molecule has 0 heterocycles. The van der Waals surface area contributed by atoms with Crippen LogP contribution in [0.1, 0.15) is 6.92 Å². The first-order valence-corrected chi connectivity index (χ1v) is 6.82. The maximum atomic E-state index is 14.5. The molecule has 3 aromatic carbocycles. The topological polar surface area (TPSA) is 18.5 Å². The zero-order valence-corrected chi connectivity index (χ0v) is 12.2. The second-order valence-corrected chi connectivity index (χ2v) is 4.80. The number of ether oxygens (including phenoxy) is 2. The number of benzene rings is 3. The van der Waals surface area contributed by atoms with Crippen molar-refractivity contribution in [2.45, 2.75) is 6.92 Å². The zero-order chi connectivity index (χ0) is 15.7. The maximum absolute atomic E-state index is 14.5. The van der Waals surface area contributed by atoms with Gasteiger partial charge in [0.1, 0.15) is 0 Å². The third kappa shape index (κ3) is 2.17. The van der Waals surface area contributed by atoms with Gasteiger partial charge in [0, 0.05) is 10.8 Å². The van der Waals surface area contributed by atoms with Crippen LogP contribution in [0.3, 0.4) is 0 Å². The summed E-state index contributed by atoms with van der Waals surface area (Å²) in [4.78, 5) is 0. The van der Waals surface area contributed by atoms with E-state index in [2.05, 4.69) is 0 Å². The Kier molecular flexibility index (Phi) is 3.67. The lowest BCUT2D eigenvalue weighted by Gasteiger charge is -2.10. The largest absolute Gasteiger partial charge is 0.494 e. The number of rotatable bonds is 3. The number of hydrogen-bond donors (Lipinski definition) is 0. The molecule has 0 saturated heterocycles. The molecule has 0 N–H and O–H groups in total. The molecule has 2 nitrogen and oxygen atoms in total. The molecule has 0 bridgehead atoms. The third-order valence-corrected chi connectivity index (χ3v) is 3.55. The SMILES string of the molecule is CC=COc1ccc2c(ccc3c(F)c(OC)ccc32)c1F. The molecule has 112 valence electrons. The molecule has 22 heavy (non-hydrogen) atoms. The van der Waals surface area contributed by atoms with Crippen molar-refractivity contribution in [1.29, 1.82) is 0 Å². The highest BCUT2D eigenvalue weighted by Gasteiger charge is 2.14. The van der Waals surface area contributed by atoms with Crippen molar-refractivity contribution < 1.29 is 18.3 Å². The summed E-state index contributed by atoms with van der Waals surface area (Å²) in [6.45, 7) is 1.78. The van der Waals surface area contributed by atoms with Gasteiger partial charge in [-0.1, -0.05) is 18.2 Å². The minimum atomic E-state index is -0.464. The van der Waals surface area contributed by atoms with Crippen LogP contribution >= 0.6 is 0 Å². The fourth-order valence-corrected chi connectivity index (χ4v) is 2.50. The van der Waals surface area contributed by atoms with E-state index in [1.54, 1.807) is 49.4 Å². The Balaban J connectivity index is 2.29. The van der Waals surface area contributed by atoms with Crippen molar-refractivity contribution in [2.75, 3.05) is 7.11 Å². The first-order chi connectivity index (χ1) is 10.7. The first-order valence-electron chi connectivity index (χ1n) is 6.82. The van der Waals surface area contributed by atoms with E-state index in [-0.39, 0.29) is 11.5 Å². The molecule has 0 atom stereocenters. The summed E-state index contributed by atoms with van der Waals surface area (Å²) >= 11 is 0. The average Bonchev–Trinajstić information content (AvgIpc) is 2.54. The molecule has 0 unspecified atom stereocenters. The fraction of sp³-hybridized carbons (Fsp3) is 0.111. The van der Waals surface area contributed by atoms with Gasteiger partial charge in [0.15, 0.2) is 23.1 Å². The summed E-state index contributed by atoms with van der Waals surface area (Å²) in [6, 6.07) is 9.64. The first kappa shape index (κ1) is 14.3. The molecule has 3 rings (SSSR count). The molecular formula is C18H14F2O2. The molecule has 0 fully saturated rings. The van der Waals surface area contributed by atoms with Gasteiger partial charge in [-0.05, 0) is 42.0 Å². The Morgan fingerprint density at radius 1 is 0.773 bits per heavy atom.